The number of hydrogen-bond acceptors (Lipinski definition) is 6. The molecule has 0 atom stereocenters. The number of hydrogen-bond donors (Lipinski definition) is 1. The molecule has 0 radical (unpaired) electrons. The third kappa shape index (κ3) is 9.34. The third-order valence-electron chi connectivity index (χ3n) is 0.737. The van der Waals surface area contributed by atoms with Gasteiger partial charge in [0.1, 0.15) is 5.76 Å². The van der Waals surface area contributed by atoms with Gasteiger partial charge in [-0.05, 0) is 6.92 Å². The summed E-state index contributed by atoms with van der Waals surface area (Å²) in [5.74, 6) is 1.61. The largest absolute Gasteiger partial charge is 0.446 e. The highest BCUT2D eigenvalue weighted by Crippen LogP contribution is 1.96. The molecule has 1 rings (SSSR count). The van der Waals surface area contributed by atoms with Crippen LogP contribution in [0.1, 0.15) is 11.7 Å². The van der Waals surface area contributed by atoms with Gasteiger partial charge in [0.05, 0.1) is 21.1 Å². The summed E-state index contributed by atoms with van der Waals surface area (Å²) in [6.45, 7) is 3.70. The van der Waals surface area contributed by atoms with Crippen LogP contribution in [0.4, 0.5) is 0 Å². The highest BCUT2D eigenvalue weighted by molar-refractivity contribution is 4.87. The predicted molar refractivity (Wildman–Crippen MR) is 28.2 cm³/mol. The van der Waals surface area contributed by atoms with Crippen LogP contribution in [-0.4, -0.2) is 9.64 Å². The fourth-order valence-electron chi connectivity index (χ4n) is 0.467. The first-order chi connectivity index (χ1) is 5.29. The lowest BCUT2D eigenvalue weighted by Crippen LogP contribution is -2.58. The topological polar surface area (TPSA) is 115 Å². The van der Waals surface area contributed by atoms with E-state index in [4.69, 9.17) is 23.1 Å². The van der Waals surface area contributed by atoms with E-state index >= 15 is 0 Å². The van der Waals surface area contributed by atoms with Crippen LogP contribution in [0.3, 0.4) is 0 Å². The van der Waals surface area contributed by atoms with Crippen molar-refractivity contribution < 1.29 is 33.3 Å². The second-order valence-electron chi connectivity index (χ2n) is 1.89. The summed E-state index contributed by atoms with van der Waals surface area (Å²) in [5.41, 5.74) is 0. The van der Waals surface area contributed by atoms with E-state index in [0.717, 1.165) is 11.7 Å². The van der Waals surface area contributed by atoms with Crippen molar-refractivity contribution in [1.82, 2.24) is 4.98 Å². The Morgan fingerprint density at radius 2 is 1.83 bits per heavy atom. The van der Waals surface area contributed by atoms with Gasteiger partial charge in [0, 0.05) is 6.92 Å². The standard InChI is InChI=1S/C5H7NO.ClHO4/c1-4-3-6-5(2)7-4;2-1(3,4)5/h3H,1-2H3;(H,2,3,4,5). The third-order valence-corrected chi connectivity index (χ3v) is 0.737. The molecule has 1 aromatic heterocycles. The smallest absolute Gasteiger partial charge is 0.191 e. The summed E-state index contributed by atoms with van der Waals surface area (Å²) < 4.78 is 37.7. The minimum atomic E-state index is -4.69. The molecule has 0 fully saturated rings. The summed E-state index contributed by atoms with van der Waals surface area (Å²) in [6.07, 6.45) is 1.70. The summed E-state index contributed by atoms with van der Waals surface area (Å²) >= 11 is 0. The zero-order chi connectivity index (χ0) is 9.78. The molecule has 1 aromatic rings. The van der Waals surface area contributed by atoms with Crippen LogP contribution >= 0.6 is 0 Å². The zero-order valence-electron chi connectivity index (χ0n) is 6.48. The first-order valence-electron chi connectivity index (χ1n) is 2.81. The van der Waals surface area contributed by atoms with E-state index in [1.54, 1.807) is 6.20 Å². The second-order valence-corrected chi connectivity index (χ2v) is 2.68. The Morgan fingerprint density at radius 1 is 1.42 bits per heavy atom. The number of nitrogens with zero attached hydrogens (tertiary/aromatic N) is 1. The van der Waals surface area contributed by atoms with Crippen LogP contribution in [0, 0.1) is 24.1 Å². The first kappa shape index (κ1) is 11.3. The normalized spacial score (nSPS) is 10.5. The van der Waals surface area contributed by atoms with E-state index in [1.807, 2.05) is 13.8 Å². The number of aromatic nitrogens is 1. The second kappa shape index (κ2) is 4.39. The van der Waals surface area contributed by atoms with Crippen molar-refractivity contribution in [2.75, 3.05) is 0 Å². The average Bonchev–Trinajstić information content (AvgIpc) is 2.09. The van der Waals surface area contributed by atoms with Crippen LogP contribution in [0.2, 0.25) is 0 Å². The van der Waals surface area contributed by atoms with Crippen LogP contribution in [-0.2, 0) is 0 Å². The molecule has 6 nitrogen and oxygen atoms in total. The summed E-state index contributed by atoms with van der Waals surface area (Å²) in [7, 11) is -4.69. The molecule has 0 aromatic carbocycles. The van der Waals surface area contributed by atoms with Gasteiger partial charge in [-0.25, -0.2) is 4.98 Å². The predicted octanol–water partition coefficient (Wildman–Crippen LogP) is -2.83. The van der Waals surface area contributed by atoms with Gasteiger partial charge in [0.15, 0.2) is 5.89 Å². The van der Waals surface area contributed by atoms with E-state index < -0.39 is 10.2 Å². The van der Waals surface area contributed by atoms with Gasteiger partial charge in [-0.2, -0.15) is 14.0 Å². The van der Waals surface area contributed by atoms with Gasteiger partial charge in [0.2, 0.25) is 0 Å². The molecule has 0 saturated heterocycles. The molecule has 0 unspecified atom stereocenters. The van der Waals surface area contributed by atoms with Crippen molar-refractivity contribution in [3.8, 4) is 0 Å². The first-order valence-corrected chi connectivity index (χ1v) is 4.07. The van der Waals surface area contributed by atoms with Crippen molar-refractivity contribution in [2.24, 2.45) is 0 Å². The van der Waals surface area contributed by atoms with Gasteiger partial charge in [0.25, 0.3) is 0 Å². The maximum absolute atomic E-state index is 8.60. The zero-order valence-corrected chi connectivity index (χ0v) is 7.24. The lowest BCUT2D eigenvalue weighted by Gasteiger charge is -2.03. The van der Waals surface area contributed by atoms with Crippen LogP contribution in [0.25, 0.3) is 0 Å². The maximum atomic E-state index is 8.60. The molecule has 1 N–H and O–H groups in total. The molecule has 0 amide bonds. The van der Waals surface area contributed by atoms with Gasteiger partial charge >= 0.3 is 0 Å². The molecule has 0 aliphatic carbocycles. The Labute approximate surface area is 70.8 Å². The summed E-state index contributed by atoms with van der Waals surface area (Å²) in [5, 5.41) is 0. The molecular weight excluding hydrogens is 190 g/mol. The van der Waals surface area contributed by atoms with E-state index in [2.05, 4.69) is 4.98 Å². The number of rotatable bonds is 0. The molecular formula is C5H8ClNO5. The Bertz CT molecular complexity index is 207. The number of aryl methyl sites for hydroxylation is 2. The fourth-order valence-corrected chi connectivity index (χ4v) is 0.467. The molecule has 0 aliphatic rings. The summed E-state index contributed by atoms with van der Waals surface area (Å²) in [4.78, 5) is 3.85. The minimum absolute atomic E-state index is 0.734. The molecule has 70 valence electrons. The van der Waals surface area contributed by atoms with Gasteiger partial charge in [-0.1, -0.05) is 0 Å². The highest BCUT2D eigenvalue weighted by Gasteiger charge is 1.98. The Kier molecular flexibility index (Phi) is 4.15. The molecule has 0 aliphatic heterocycles. The molecule has 0 bridgehead atoms. The number of oxazole rings is 1. The Balaban J connectivity index is 0.000000217. The van der Waals surface area contributed by atoms with Crippen molar-refractivity contribution in [1.29, 1.82) is 0 Å². The molecule has 0 saturated carbocycles. The van der Waals surface area contributed by atoms with Crippen molar-refractivity contribution >= 4 is 0 Å². The van der Waals surface area contributed by atoms with E-state index in [9.17, 15) is 0 Å². The minimum Gasteiger partial charge on any atom is -0.446 e. The quantitative estimate of drug-likeness (QED) is 0.479. The maximum Gasteiger partial charge on any atom is 0.191 e. The lowest BCUT2D eigenvalue weighted by molar-refractivity contribution is -1.92. The van der Waals surface area contributed by atoms with Crippen molar-refractivity contribution in [3.63, 3.8) is 0 Å². The highest BCUT2D eigenvalue weighted by atomic mass is 35.7. The summed E-state index contributed by atoms with van der Waals surface area (Å²) in [6, 6.07) is 0. The van der Waals surface area contributed by atoms with Crippen LogP contribution in [0.15, 0.2) is 10.6 Å². The average molecular weight is 198 g/mol. The fraction of sp³-hybridized carbons (Fsp3) is 0.400. The molecule has 7 heteroatoms. The van der Waals surface area contributed by atoms with Gasteiger partial charge < -0.3 is 4.42 Å². The van der Waals surface area contributed by atoms with Crippen molar-refractivity contribution in [3.05, 3.63) is 17.8 Å². The Morgan fingerprint density at radius 3 is 1.92 bits per heavy atom. The lowest BCUT2D eigenvalue weighted by atomic mass is 10.6. The Hall–Kier alpha value is -0.660. The van der Waals surface area contributed by atoms with E-state index in [0.29, 0.717) is 0 Å². The van der Waals surface area contributed by atoms with Gasteiger partial charge in [-0.15, -0.1) is 0 Å². The van der Waals surface area contributed by atoms with Gasteiger partial charge in [-0.3, -0.25) is 0 Å². The number of halogens is 1. The van der Waals surface area contributed by atoms with Crippen LogP contribution in [0.5, 0.6) is 0 Å². The van der Waals surface area contributed by atoms with E-state index in [1.165, 1.54) is 0 Å². The van der Waals surface area contributed by atoms with Crippen LogP contribution < -0.4 is 14.0 Å². The molecule has 1 heterocycles. The van der Waals surface area contributed by atoms with Crippen molar-refractivity contribution in [2.45, 2.75) is 13.8 Å². The van der Waals surface area contributed by atoms with E-state index in [-0.39, 0.29) is 0 Å². The monoisotopic (exact) mass is 197 g/mol. The molecule has 0 spiro atoms. The molecule has 12 heavy (non-hydrogen) atoms. The SMILES string of the molecule is Cc1cnc(C)o1.[O-][Cl+3]([O-])([O-])O.